The maximum absolute atomic E-state index is 13.4. The number of ether oxygens (including phenoxy) is 1. The van der Waals surface area contributed by atoms with Crippen molar-refractivity contribution in [1.82, 2.24) is 9.55 Å². The van der Waals surface area contributed by atoms with E-state index in [4.69, 9.17) is 0 Å². The van der Waals surface area contributed by atoms with Crippen molar-refractivity contribution in [3.63, 3.8) is 0 Å². The quantitative estimate of drug-likeness (QED) is 0.450. The lowest BCUT2D eigenvalue weighted by molar-refractivity contribution is -0.153. The van der Waals surface area contributed by atoms with Gasteiger partial charge in [-0.15, -0.1) is 0 Å². The van der Waals surface area contributed by atoms with E-state index in [-0.39, 0.29) is 11.3 Å². The van der Waals surface area contributed by atoms with E-state index in [2.05, 4.69) is 15.0 Å². The molecule has 0 bridgehead atoms. The van der Waals surface area contributed by atoms with Crippen LogP contribution in [0.1, 0.15) is 10.4 Å². The van der Waals surface area contributed by atoms with Crippen molar-refractivity contribution < 1.29 is 27.1 Å². The Morgan fingerprint density at radius 1 is 1.24 bits per heavy atom. The number of thioether (sulfide) groups is 1. The third-order valence-corrected chi connectivity index (χ3v) is 4.43. The van der Waals surface area contributed by atoms with Gasteiger partial charge in [0.25, 0.3) is 5.91 Å². The van der Waals surface area contributed by atoms with Gasteiger partial charge < -0.3 is 10.1 Å². The second-order valence-electron chi connectivity index (χ2n) is 5.83. The molecular weight excluding hydrogens is 410 g/mol. The summed E-state index contributed by atoms with van der Waals surface area (Å²) in [7, 11) is 0. The topological polar surface area (TPSA) is 56.2 Å². The number of hydrogen-bond acceptors (Lipinski definition) is 4. The fourth-order valence-electron chi connectivity index (χ4n) is 2.51. The molecule has 29 heavy (non-hydrogen) atoms. The molecular formula is C19H15F4N3O2S. The molecule has 0 aliphatic carbocycles. The van der Waals surface area contributed by atoms with Gasteiger partial charge in [-0.05, 0) is 36.6 Å². The van der Waals surface area contributed by atoms with Crippen LogP contribution in [0.15, 0.2) is 60.0 Å². The first-order valence-electron chi connectivity index (χ1n) is 8.25. The van der Waals surface area contributed by atoms with E-state index in [0.717, 1.165) is 23.4 Å². The average Bonchev–Trinajstić information content (AvgIpc) is 3.16. The van der Waals surface area contributed by atoms with Gasteiger partial charge in [0, 0.05) is 29.7 Å². The van der Waals surface area contributed by atoms with Crippen molar-refractivity contribution in [2.45, 2.75) is 11.3 Å². The highest BCUT2D eigenvalue weighted by Gasteiger charge is 2.29. The van der Waals surface area contributed by atoms with Gasteiger partial charge in [-0.3, -0.25) is 9.36 Å². The van der Waals surface area contributed by atoms with E-state index in [9.17, 15) is 22.4 Å². The number of carbonyl (C=O) groups is 1. The van der Waals surface area contributed by atoms with Crippen LogP contribution in [0, 0.1) is 5.82 Å². The molecule has 152 valence electrons. The molecule has 5 nitrogen and oxygen atoms in total. The van der Waals surface area contributed by atoms with Gasteiger partial charge in [-0.1, -0.05) is 17.8 Å². The molecule has 1 aromatic heterocycles. The summed E-state index contributed by atoms with van der Waals surface area (Å²) in [6.45, 7) is -1.60. The number of anilines is 1. The van der Waals surface area contributed by atoms with Crippen LogP contribution in [-0.2, 0) is 0 Å². The number of benzene rings is 2. The number of rotatable bonds is 6. The van der Waals surface area contributed by atoms with Crippen molar-refractivity contribution in [3.05, 3.63) is 66.2 Å². The molecule has 1 N–H and O–H groups in total. The molecule has 1 heterocycles. The van der Waals surface area contributed by atoms with E-state index < -0.39 is 30.3 Å². The number of nitrogens with one attached hydrogen (secondary N) is 1. The fraction of sp³-hybridized carbons (Fsp3) is 0.158. The fourth-order valence-corrected chi connectivity index (χ4v) is 3.04. The highest BCUT2D eigenvalue weighted by Crippen LogP contribution is 2.28. The summed E-state index contributed by atoms with van der Waals surface area (Å²) in [6, 6.07) is 9.56. The molecule has 0 aliphatic heterocycles. The minimum atomic E-state index is -4.60. The number of alkyl halides is 3. The lowest BCUT2D eigenvalue weighted by Crippen LogP contribution is -2.20. The maximum Gasteiger partial charge on any atom is 0.422 e. The van der Waals surface area contributed by atoms with Crippen LogP contribution in [0.4, 0.5) is 23.2 Å². The molecule has 0 saturated heterocycles. The van der Waals surface area contributed by atoms with E-state index in [1.807, 2.05) is 6.26 Å². The first-order valence-corrected chi connectivity index (χ1v) is 9.47. The Morgan fingerprint density at radius 3 is 2.76 bits per heavy atom. The predicted molar refractivity (Wildman–Crippen MR) is 101 cm³/mol. The number of carbonyl (C=O) groups excluding carboxylic acids is 1. The van der Waals surface area contributed by atoms with Gasteiger partial charge in [0.2, 0.25) is 0 Å². The van der Waals surface area contributed by atoms with Crippen molar-refractivity contribution in [2.24, 2.45) is 0 Å². The maximum atomic E-state index is 13.4. The van der Waals surface area contributed by atoms with Gasteiger partial charge in [0.15, 0.2) is 11.8 Å². The van der Waals surface area contributed by atoms with E-state index >= 15 is 0 Å². The van der Waals surface area contributed by atoms with Gasteiger partial charge in [-0.2, -0.15) is 13.2 Å². The monoisotopic (exact) mass is 425 g/mol. The molecule has 3 rings (SSSR count). The minimum Gasteiger partial charge on any atom is -0.482 e. The Hall–Kier alpha value is -3.01. The lowest BCUT2D eigenvalue weighted by Gasteiger charge is -2.14. The van der Waals surface area contributed by atoms with E-state index in [0.29, 0.717) is 5.69 Å². The number of imidazole rings is 1. The van der Waals surface area contributed by atoms with Crippen molar-refractivity contribution in [3.8, 4) is 11.4 Å². The van der Waals surface area contributed by atoms with E-state index in [1.165, 1.54) is 11.8 Å². The Kier molecular flexibility index (Phi) is 6.12. The summed E-state index contributed by atoms with van der Waals surface area (Å²) >= 11 is 1.43. The Balaban J connectivity index is 1.83. The van der Waals surface area contributed by atoms with Crippen LogP contribution in [0.5, 0.6) is 5.75 Å². The zero-order chi connectivity index (χ0) is 21.0. The molecule has 0 fully saturated rings. The lowest BCUT2D eigenvalue weighted by atomic mass is 10.1. The van der Waals surface area contributed by atoms with Gasteiger partial charge in [0.1, 0.15) is 11.6 Å². The number of hydrogen-bond donors (Lipinski definition) is 1. The third kappa shape index (κ3) is 5.29. The molecule has 0 aliphatic rings. The largest absolute Gasteiger partial charge is 0.482 e. The molecule has 2 aromatic carbocycles. The molecule has 0 atom stereocenters. The van der Waals surface area contributed by atoms with E-state index in [1.54, 1.807) is 41.2 Å². The summed E-state index contributed by atoms with van der Waals surface area (Å²) < 4.78 is 57.1. The summed E-state index contributed by atoms with van der Waals surface area (Å²) in [5.74, 6) is -1.78. The van der Waals surface area contributed by atoms with Crippen LogP contribution >= 0.6 is 11.8 Å². The average molecular weight is 425 g/mol. The number of amides is 1. The highest BCUT2D eigenvalue weighted by molar-refractivity contribution is 7.98. The molecule has 0 saturated carbocycles. The SMILES string of the molecule is CSc1nccn1-c1cccc(C(=O)Nc2ccc(F)cc2OCC(F)(F)F)c1. The Bertz CT molecular complexity index is 1020. The summed E-state index contributed by atoms with van der Waals surface area (Å²) in [6.07, 6.45) is 0.640. The number of aromatic nitrogens is 2. The second kappa shape index (κ2) is 8.56. The third-order valence-electron chi connectivity index (χ3n) is 3.76. The Morgan fingerprint density at radius 2 is 2.03 bits per heavy atom. The number of nitrogens with zero attached hydrogens (tertiary/aromatic N) is 2. The van der Waals surface area contributed by atoms with Gasteiger partial charge in [-0.25, -0.2) is 9.37 Å². The van der Waals surface area contributed by atoms with Crippen LogP contribution in [0.2, 0.25) is 0 Å². The highest BCUT2D eigenvalue weighted by atomic mass is 32.2. The van der Waals surface area contributed by atoms with Crippen molar-refractivity contribution in [1.29, 1.82) is 0 Å². The smallest absolute Gasteiger partial charge is 0.422 e. The first kappa shape index (κ1) is 20.7. The molecule has 0 spiro atoms. The summed E-state index contributed by atoms with van der Waals surface area (Å²) in [4.78, 5) is 16.8. The predicted octanol–water partition coefficient (Wildman–Crippen LogP) is 4.93. The first-order chi connectivity index (χ1) is 13.8. The van der Waals surface area contributed by atoms with Crippen LogP contribution in [0.3, 0.4) is 0 Å². The molecule has 10 heteroatoms. The number of halogens is 4. The zero-order valence-corrected chi connectivity index (χ0v) is 15.9. The van der Waals surface area contributed by atoms with Crippen LogP contribution in [0.25, 0.3) is 5.69 Å². The van der Waals surface area contributed by atoms with Gasteiger partial charge in [0.05, 0.1) is 5.69 Å². The molecule has 3 aromatic rings. The Labute approximate surface area is 167 Å². The zero-order valence-electron chi connectivity index (χ0n) is 15.0. The molecule has 0 radical (unpaired) electrons. The van der Waals surface area contributed by atoms with Crippen LogP contribution < -0.4 is 10.1 Å². The molecule has 0 unspecified atom stereocenters. The van der Waals surface area contributed by atoms with Crippen molar-refractivity contribution >= 4 is 23.4 Å². The van der Waals surface area contributed by atoms with Gasteiger partial charge >= 0.3 is 6.18 Å². The second-order valence-corrected chi connectivity index (χ2v) is 6.61. The van der Waals surface area contributed by atoms with Crippen molar-refractivity contribution in [2.75, 3.05) is 18.2 Å². The standard InChI is InChI=1S/C19H15F4N3O2S/c1-29-18-24-7-8-26(18)14-4-2-3-12(9-14)17(27)25-15-6-5-13(20)10-16(15)28-11-19(21,22)23/h2-10H,11H2,1H3,(H,25,27). The summed E-state index contributed by atoms with van der Waals surface area (Å²) in [5.41, 5.74) is 0.875. The summed E-state index contributed by atoms with van der Waals surface area (Å²) in [5, 5.41) is 3.19. The van der Waals surface area contributed by atoms with Crippen LogP contribution in [-0.4, -0.2) is 34.5 Å². The minimum absolute atomic E-state index is 0.0708. The normalized spacial score (nSPS) is 11.3. The molecule has 1 amide bonds.